The highest BCUT2D eigenvalue weighted by atomic mass is 32.5. The van der Waals surface area contributed by atoms with Gasteiger partial charge in [-0.2, -0.15) is 17.6 Å². The first-order valence-electron chi connectivity index (χ1n) is 13.9. The number of fused-ring (bicyclic) bond motifs is 5. The van der Waals surface area contributed by atoms with Crippen LogP contribution in [-0.4, -0.2) is 103 Å². The summed E-state index contributed by atoms with van der Waals surface area (Å²) in [6.45, 7) is -5.24. The molecule has 21 nitrogen and oxygen atoms in total. The highest BCUT2D eigenvalue weighted by Gasteiger charge is 2.53. The lowest BCUT2D eigenvalue weighted by molar-refractivity contribution is -0.0631. The van der Waals surface area contributed by atoms with Gasteiger partial charge in [-0.1, -0.05) is 0 Å². The Morgan fingerprint density at radius 2 is 1.68 bits per heavy atom. The van der Waals surface area contributed by atoms with E-state index in [1.54, 1.807) is 0 Å². The molecular weight excluding hydrogens is 706 g/mol. The van der Waals surface area contributed by atoms with E-state index in [1.807, 2.05) is 0 Å². The number of nitrogens with zero attached hydrogens (tertiary/aromatic N) is 7. The van der Waals surface area contributed by atoms with Crippen LogP contribution in [0.4, 0.5) is 11.8 Å². The monoisotopic (exact) mass is 734 g/mol. The number of H-pyrrole nitrogens is 1. The maximum absolute atomic E-state index is 13.3. The molecule has 3 saturated heterocycles. The van der Waals surface area contributed by atoms with Crippen molar-refractivity contribution in [2.45, 2.75) is 49.4 Å². The lowest BCUT2D eigenvalue weighted by atomic mass is 9.95. The number of imidazole rings is 2. The summed E-state index contributed by atoms with van der Waals surface area (Å²) in [6, 6.07) is 0. The molecule has 8 N–H and O–H groups in total. The number of nitrogens with two attached hydrogens (primary N) is 2. The molecule has 3 aliphatic heterocycles. The van der Waals surface area contributed by atoms with Crippen LogP contribution >= 0.6 is 27.2 Å². The molecule has 3 fully saturated rings. The zero-order valence-electron chi connectivity index (χ0n) is 23.8. The number of anilines is 2. The van der Waals surface area contributed by atoms with Crippen LogP contribution in [0, 0.1) is 5.92 Å². The van der Waals surface area contributed by atoms with E-state index in [9.17, 15) is 24.3 Å². The van der Waals surface area contributed by atoms with Crippen LogP contribution in [0.3, 0.4) is 0 Å². The van der Waals surface area contributed by atoms with Crippen molar-refractivity contribution in [2.75, 3.05) is 30.4 Å². The third kappa shape index (κ3) is 6.09. The highest BCUT2D eigenvalue weighted by Crippen LogP contribution is 2.55. The number of aromatic nitrogens is 8. The van der Waals surface area contributed by atoms with Crippen molar-refractivity contribution < 1.29 is 47.0 Å². The maximum atomic E-state index is 13.3. The van der Waals surface area contributed by atoms with Crippen molar-refractivity contribution >= 4 is 73.1 Å². The van der Waals surface area contributed by atoms with Crippen molar-refractivity contribution in [1.82, 2.24) is 39.0 Å². The number of nitrogen functional groups attached to an aromatic ring is 2. The Bertz CT molecular complexity index is 1980. The number of ether oxygens (including phenoxy) is 2. The summed E-state index contributed by atoms with van der Waals surface area (Å²) in [4.78, 5) is 57.4. The summed E-state index contributed by atoms with van der Waals surface area (Å²) in [5.74, 6) is -0.451. The second-order valence-corrected chi connectivity index (χ2v) is 15.5. The number of hydrogen-bond donors (Lipinski definition) is 7. The predicted octanol–water partition coefficient (Wildman–Crippen LogP) is -0.650. The van der Waals surface area contributed by atoms with Crippen molar-refractivity contribution in [3.05, 3.63) is 29.3 Å². The Kier molecular flexibility index (Phi) is 8.65. The molecule has 6 unspecified atom stereocenters. The van der Waals surface area contributed by atoms with Crippen LogP contribution in [0.25, 0.3) is 22.3 Å². The molecule has 7 heterocycles. The van der Waals surface area contributed by atoms with E-state index < -0.39 is 82.2 Å². The summed E-state index contributed by atoms with van der Waals surface area (Å²) in [5, 5.41) is 11.3. The van der Waals surface area contributed by atoms with Crippen LogP contribution in [0.1, 0.15) is 18.9 Å². The number of hydrogen-bond acceptors (Lipinski definition) is 18. The van der Waals surface area contributed by atoms with E-state index in [1.165, 1.54) is 28.1 Å². The lowest BCUT2D eigenvalue weighted by Crippen LogP contribution is -2.36. The van der Waals surface area contributed by atoms with Crippen molar-refractivity contribution in [3.63, 3.8) is 0 Å². The van der Waals surface area contributed by atoms with Crippen LogP contribution in [0.2, 0.25) is 0 Å². The van der Waals surface area contributed by atoms with Crippen molar-refractivity contribution in [2.24, 2.45) is 5.92 Å². The second-order valence-electron chi connectivity index (χ2n) is 10.8. The fourth-order valence-electron chi connectivity index (χ4n) is 5.90. The van der Waals surface area contributed by atoms with Crippen LogP contribution in [-0.2, 0) is 43.9 Å². The minimum absolute atomic E-state index is 0.0433. The number of aliphatic hydroxyl groups is 1. The number of thiol groups is 1. The number of aliphatic hydroxyl groups excluding tert-OH is 1. The van der Waals surface area contributed by atoms with Gasteiger partial charge in [0.25, 0.3) is 5.56 Å². The van der Waals surface area contributed by atoms with Crippen molar-refractivity contribution in [3.8, 4) is 0 Å². The topological polar surface area (TPSA) is 292 Å². The van der Waals surface area contributed by atoms with E-state index in [-0.39, 0.29) is 34.1 Å². The predicted molar refractivity (Wildman–Crippen MR) is 166 cm³/mol. The smallest absolute Gasteiger partial charge is 0.386 e. The van der Waals surface area contributed by atoms with Crippen LogP contribution in [0.5, 0.6) is 0 Å². The van der Waals surface area contributed by atoms with Gasteiger partial charge in [0, 0.05) is 5.92 Å². The molecule has 2 bridgehead atoms. The molecular formula is C22H28N10O11P2S2. The van der Waals surface area contributed by atoms with Gasteiger partial charge < -0.3 is 44.9 Å². The standard InChI is InChI=1S/C22H28N10O11P2S2/c23-16-11-17(26-5-25-16)31(6-27-11)20-13(33)15-10(41-20)4-39-45(37,47)43-14-8(1-2-46)9(3-38-44(35,36)42-15)40-21(14)32-7-28-12-18(32)29-22(24)30-19(12)34/h5-10,13-15,20-21,33,46H,1-4H2,(H,35,36)(H,37,47)(H2,23,25,26)(H3,24,29,30,34)/t8?,9-,10-,13?,14?,15?,20-,21-,45?/m1/s1. The zero-order valence-corrected chi connectivity index (χ0v) is 27.3. The summed E-state index contributed by atoms with van der Waals surface area (Å²) < 4.78 is 50.9. The first kappa shape index (κ1) is 32.9. The molecule has 4 aromatic rings. The molecule has 0 radical (unpaired) electrons. The average molecular weight is 735 g/mol. The molecule has 25 heteroatoms. The molecule has 3 aliphatic rings. The lowest BCUT2D eigenvalue weighted by Gasteiger charge is -2.28. The second kappa shape index (κ2) is 12.4. The third-order valence-electron chi connectivity index (χ3n) is 7.97. The molecule has 7 rings (SSSR count). The molecule has 10 atom stereocenters. The van der Waals surface area contributed by atoms with Crippen LogP contribution < -0.4 is 17.0 Å². The van der Waals surface area contributed by atoms with Gasteiger partial charge in [-0.05, 0) is 24.0 Å². The van der Waals surface area contributed by atoms with E-state index in [2.05, 4.69) is 42.5 Å². The fraction of sp³-hybridized carbons (Fsp3) is 0.545. The van der Waals surface area contributed by atoms with Gasteiger partial charge in [0.15, 0.2) is 35.1 Å². The first-order valence-corrected chi connectivity index (χ1v) is 18.6. The molecule has 254 valence electrons. The number of nitrogens with one attached hydrogen (secondary N) is 1. The molecule has 0 spiro atoms. The Morgan fingerprint density at radius 1 is 0.979 bits per heavy atom. The van der Waals surface area contributed by atoms with E-state index >= 15 is 0 Å². The van der Waals surface area contributed by atoms with Gasteiger partial charge >= 0.3 is 14.5 Å². The summed E-state index contributed by atoms with van der Waals surface area (Å²) in [7, 11) is -4.94. The minimum Gasteiger partial charge on any atom is -0.386 e. The van der Waals surface area contributed by atoms with E-state index in [0.717, 1.165) is 0 Å². The van der Waals surface area contributed by atoms with Gasteiger partial charge in [0.2, 0.25) is 5.95 Å². The van der Waals surface area contributed by atoms with E-state index in [4.69, 9.17) is 50.8 Å². The normalized spacial score (nSPS) is 36.6. The maximum Gasteiger partial charge on any atom is 0.472 e. The van der Waals surface area contributed by atoms with Crippen molar-refractivity contribution in [1.29, 1.82) is 0 Å². The Balaban J connectivity index is 1.23. The minimum atomic E-state index is -4.94. The summed E-state index contributed by atoms with van der Waals surface area (Å²) >= 11 is 9.73. The SMILES string of the molecule is Nc1nc2c(ncn2[C@@H]2O[C@@H]3COP(=O)(O)OC4C(O)[C@H](n5cnc6c(N)ncnc65)O[C@@H]4COP(O)(=S)OC2C3CCS)c(=O)[nH]1. The Labute approximate surface area is 273 Å². The third-order valence-corrected chi connectivity index (χ3v) is 10.8. The zero-order chi connectivity index (χ0) is 33.2. The summed E-state index contributed by atoms with van der Waals surface area (Å²) in [5.41, 5.74) is 11.5. The first-order chi connectivity index (χ1) is 22.4. The molecule has 4 aromatic heterocycles. The number of phosphoric acid groups is 1. The summed E-state index contributed by atoms with van der Waals surface area (Å²) in [6.07, 6.45) is -4.82. The van der Waals surface area contributed by atoms with E-state index in [0.29, 0.717) is 12.2 Å². The molecule has 0 aromatic carbocycles. The molecule has 0 amide bonds. The van der Waals surface area contributed by atoms with Gasteiger partial charge in [-0.3, -0.25) is 28.0 Å². The Hall–Kier alpha value is -2.63. The molecule has 0 aliphatic carbocycles. The number of aromatic amines is 1. The molecule has 47 heavy (non-hydrogen) atoms. The van der Waals surface area contributed by atoms with Gasteiger partial charge in [0.05, 0.1) is 32.0 Å². The van der Waals surface area contributed by atoms with Gasteiger partial charge in [0.1, 0.15) is 36.3 Å². The fourth-order valence-corrected chi connectivity index (χ4v) is 8.61. The van der Waals surface area contributed by atoms with Gasteiger partial charge in [-0.15, -0.1) is 0 Å². The largest absolute Gasteiger partial charge is 0.472 e. The Morgan fingerprint density at radius 3 is 2.45 bits per heavy atom. The quantitative estimate of drug-likeness (QED) is 0.101. The van der Waals surface area contributed by atoms with Gasteiger partial charge in [-0.25, -0.2) is 24.5 Å². The highest BCUT2D eigenvalue weighted by molar-refractivity contribution is 8.07. The average Bonchev–Trinajstić information content (AvgIpc) is 3.76. The number of phosphoric ester groups is 1. The molecule has 0 saturated carbocycles. The number of rotatable bonds is 4. The van der Waals surface area contributed by atoms with Crippen LogP contribution in [0.15, 0.2) is 23.8 Å².